The van der Waals surface area contributed by atoms with Gasteiger partial charge in [-0.3, -0.25) is 9.69 Å². The summed E-state index contributed by atoms with van der Waals surface area (Å²) in [5.74, 6) is 0.0797. The Hall–Kier alpha value is -1.65. The molecule has 1 unspecified atom stereocenters. The van der Waals surface area contributed by atoms with Crippen molar-refractivity contribution in [1.82, 2.24) is 4.90 Å². The molecule has 4 nitrogen and oxygen atoms in total. The quantitative estimate of drug-likeness (QED) is 0.564. The van der Waals surface area contributed by atoms with E-state index in [1.807, 2.05) is 50.2 Å². The summed E-state index contributed by atoms with van der Waals surface area (Å²) in [5.41, 5.74) is 0.991. The molecule has 0 amide bonds. The van der Waals surface area contributed by atoms with Gasteiger partial charge in [-0.05, 0) is 51.7 Å². The number of likely N-dealkylation sites (N-methyl/N-ethyl adjacent to an activating group) is 1. The maximum absolute atomic E-state index is 12.7. The molecule has 1 rings (SSSR count). The third kappa shape index (κ3) is 3.68. The van der Waals surface area contributed by atoms with E-state index < -0.39 is 5.54 Å². The third-order valence-corrected chi connectivity index (χ3v) is 3.61. The Morgan fingerprint density at radius 3 is 2.45 bits per heavy atom. The van der Waals surface area contributed by atoms with Gasteiger partial charge in [0.1, 0.15) is 0 Å². The molecule has 1 aromatic rings. The SMILES string of the molecule is C=CCC(C)(C(=O)c1ccc(NCCO)cc1)N(C)C. The maximum atomic E-state index is 12.7. The van der Waals surface area contributed by atoms with Gasteiger partial charge in [-0.2, -0.15) is 0 Å². The van der Waals surface area contributed by atoms with Gasteiger partial charge in [0.05, 0.1) is 12.1 Å². The van der Waals surface area contributed by atoms with Gasteiger partial charge in [0.2, 0.25) is 0 Å². The lowest BCUT2D eigenvalue weighted by molar-refractivity contribution is 0.0725. The van der Waals surface area contributed by atoms with E-state index >= 15 is 0 Å². The normalized spacial score (nSPS) is 13.8. The second kappa shape index (κ2) is 7.22. The van der Waals surface area contributed by atoms with Gasteiger partial charge in [-0.1, -0.05) is 6.08 Å². The van der Waals surface area contributed by atoms with Crippen molar-refractivity contribution in [3.63, 3.8) is 0 Å². The highest BCUT2D eigenvalue weighted by Crippen LogP contribution is 2.23. The highest BCUT2D eigenvalue weighted by Gasteiger charge is 2.34. The number of benzene rings is 1. The van der Waals surface area contributed by atoms with Crippen LogP contribution in [-0.2, 0) is 0 Å². The van der Waals surface area contributed by atoms with Gasteiger partial charge >= 0.3 is 0 Å². The summed E-state index contributed by atoms with van der Waals surface area (Å²) >= 11 is 0. The number of rotatable bonds is 8. The summed E-state index contributed by atoms with van der Waals surface area (Å²) in [6.07, 6.45) is 2.37. The molecule has 0 fully saturated rings. The number of aliphatic hydroxyl groups is 1. The second-order valence-electron chi connectivity index (χ2n) is 5.22. The van der Waals surface area contributed by atoms with Crippen molar-refractivity contribution in [2.24, 2.45) is 0 Å². The summed E-state index contributed by atoms with van der Waals surface area (Å²) in [6.45, 7) is 6.25. The summed E-state index contributed by atoms with van der Waals surface area (Å²) < 4.78 is 0. The molecule has 0 aliphatic carbocycles. The van der Waals surface area contributed by atoms with E-state index in [1.165, 1.54) is 0 Å². The molecular weight excluding hydrogens is 252 g/mol. The fourth-order valence-corrected chi connectivity index (χ4v) is 2.01. The number of anilines is 1. The largest absolute Gasteiger partial charge is 0.395 e. The minimum atomic E-state index is -0.582. The topological polar surface area (TPSA) is 52.6 Å². The summed E-state index contributed by atoms with van der Waals surface area (Å²) in [4.78, 5) is 14.6. The zero-order valence-electron chi connectivity index (χ0n) is 12.5. The summed E-state index contributed by atoms with van der Waals surface area (Å²) in [7, 11) is 3.80. The fraction of sp³-hybridized carbons (Fsp3) is 0.438. The first kappa shape index (κ1) is 16.4. The monoisotopic (exact) mass is 276 g/mol. The van der Waals surface area contributed by atoms with Gasteiger partial charge in [0, 0.05) is 17.8 Å². The highest BCUT2D eigenvalue weighted by atomic mass is 16.3. The van der Waals surface area contributed by atoms with Crippen LogP contribution in [0.25, 0.3) is 0 Å². The van der Waals surface area contributed by atoms with Crippen molar-refractivity contribution in [2.45, 2.75) is 18.9 Å². The average Bonchev–Trinajstić information content (AvgIpc) is 2.44. The molecule has 0 radical (unpaired) electrons. The van der Waals surface area contributed by atoms with Crippen molar-refractivity contribution in [3.05, 3.63) is 42.5 Å². The van der Waals surface area contributed by atoms with Crippen LogP contribution in [0.4, 0.5) is 5.69 Å². The minimum absolute atomic E-state index is 0.0797. The predicted molar refractivity (Wildman–Crippen MR) is 83.3 cm³/mol. The number of Topliss-reactive ketones (excluding diaryl/α,β-unsaturated/α-hetero) is 1. The lowest BCUT2D eigenvalue weighted by Crippen LogP contribution is -2.48. The van der Waals surface area contributed by atoms with E-state index in [4.69, 9.17) is 5.11 Å². The Bertz CT molecular complexity index is 454. The number of carbonyl (C=O) groups excluding carboxylic acids is 1. The van der Waals surface area contributed by atoms with Crippen LogP contribution in [0.3, 0.4) is 0 Å². The molecule has 0 aliphatic rings. The van der Waals surface area contributed by atoms with E-state index in [0.717, 1.165) is 5.69 Å². The number of hydrogen-bond donors (Lipinski definition) is 2. The Labute approximate surface area is 121 Å². The zero-order chi connectivity index (χ0) is 15.2. The number of hydrogen-bond acceptors (Lipinski definition) is 4. The molecule has 20 heavy (non-hydrogen) atoms. The predicted octanol–water partition coefficient (Wildman–Crippen LogP) is 2.17. The fourth-order valence-electron chi connectivity index (χ4n) is 2.01. The molecular formula is C16H24N2O2. The molecule has 0 aromatic heterocycles. The van der Waals surface area contributed by atoms with Gasteiger partial charge < -0.3 is 10.4 Å². The first-order chi connectivity index (χ1) is 9.45. The van der Waals surface area contributed by atoms with Gasteiger partial charge in [-0.15, -0.1) is 6.58 Å². The number of ketones is 1. The van der Waals surface area contributed by atoms with E-state index in [1.54, 1.807) is 6.08 Å². The molecule has 4 heteroatoms. The van der Waals surface area contributed by atoms with Gasteiger partial charge in [0.25, 0.3) is 0 Å². The molecule has 0 spiro atoms. The minimum Gasteiger partial charge on any atom is -0.395 e. The van der Waals surface area contributed by atoms with E-state index in [-0.39, 0.29) is 12.4 Å². The number of nitrogens with zero attached hydrogens (tertiary/aromatic N) is 1. The van der Waals surface area contributed by atoms with E-state index in [0.29, 0.717) is 18.5 Å². The van der Waals surface area contributed by atoms with Crippen molar-refractivity contribution in [2.75, 3.05) is 32.6 Å². The molecule has 1 aromatic carbocycles. The molecule has 1 atom stereocenters. The highest BCUT2D eigenvalue weighted by molar-refractivity contribution is 6.03. The van der Waals surface area contributed by atoms with Crippen molar-refractivity contribution in [1.29, 1.82) is 0 Å². The Morgan fingerprint density at radius 2 is 2.00 bits per heavy atom. The molecule has 0 heterocycles. The standard InChI is InChI=1S/C16H24N2O2/c1-5-10-16(2,18(3)4)15(20)13-6-8-14(9-7-13)17-11-12-19/h5-9,17,19H,1,10-12H2,2-4H3. The van der Waals surface area contributed by atoms with Crippen LogP contribution in [0.2, 0.25) is 0 Å². The van der Waals surface area contributed by atoms with Crippen LogP contribution in [0, 0.1) is 0 Å². The van der Waals surface area contributed by atoms with E-state index in [2.05, 4.69) is 11.9 Å². The molecule has 0 saturated heterocycles. The lowest BCUT2D eigenvalue weighted by atomic mass is 9.87. The Kier molecular flexibility index (Phi) is 5.92. The summed E-state index contributed by atoms with van der Waals surface area (Å²) in [5, 5.41) is 11.8. The molecule has 0 bridgehead atoms. The average molecular weight is 276 g/mol. The molecule has 110 valence electrons. The van der Waals surface area contributed by atoms with Crippen molar-refractivity contribution < 1.29 is 9.90 Å². The van der Waals surface area contributed by atoms with Crippen LogP contribution < -0.4 is 5.32 Å². The summed E-state index contributed by atoms with van der Waals surface area (Å²) in [6, 6.07) is 7.33. The second-order valence-corrected chi connectivity index (χ2v) is 5.22. The smallest absolute Gasteiger partial charge is 0.183 e. The van der Waals surface area contributed by atoms with Crippen molar-refractivity contribution in [3.8, 4) is 0 Å². The van der Waals surface area contributed by atoms with Crippen LogP contribution in [-0.4, -0.2) is 48.6 Å². The maximum Gasteiger partial charge on any atom is 0.183 e. The molecule has 0 saturated carbocycles. The molecule has 2 N–H and O–H groups in total. The number of carbonyl (C=O) groups is 1. The Balaban J connectivity index is 2.92. The van der Waals surface area contributed by atoms with Gasteiger partial charge in [0.15, 0.2) is 5.78 Å². The van der Waals surface area contributed by atoms with Crippen LogP contribution in [0.5, 0.6) is 0 Å². The Morgan fingerprint density at radius 1 is 1.40 bits per heavy atom. The van der Waals surface area contributed by atoms with Crippen LogP contribution in [0.1, 0.15) is 23.7 Å². The van der Waals surface area contributed by atoms with Crippen LogP contribution in [0.15, 0.2) is 36.9 Å². The van der Waals surface area contributed by atoms with Crippen LogP contribution >= 0.6 is 0 Å². The number of nitrogens with one attached hydrogen (secondary N) is 1. The van der Waals surface area contributed by atoms with Gasteiger partial charge in [-0.25, -0.2) is 0 Å². The zero-order valence-corrected chi connectivity index (χ0v) is 12.5. The van der Waals surface area contributed by atoms with Crippen molar-refractivity contribution >= 4 is 11.5 Å². The van der Waals surface area contributed by atoms with E-state index in [9.17, 15) is 4.79 Å². The first-order valence-corrected chi connectivity index (χ1v) is 6.73. The lowest BCUT2D eigenvalue weighted by Gasteiger charge is -2.34. The third-order valence-electron chi connectivity index (χ3n) is 3.61. The number of aliphatic hydroxyl groups excluding tert-OH is 1. The molecule has 0 aliphatic heterocycles. The first-order valence-electron chi connectivity index (χ1n) is 6.73.